The first kappa shape index (κ1) is 141. The van der Waals surface area contributed by atoms with E-state index in [0.717, 1.165) is 0 Å². The van der Waals surface area contributed by atoms with Crippen molar-refractivity contribution in [3.63, 3.8) is 0 Å². The van der Waals surface area contributed by atoms with E-state index in [0.29, 0.717) is 0 Å². The summed E-state index contributed by atoms with van der Waals surface area (Å²) in [5.41, 5.74) is 0. The summed E-state index contributed by atoms with van der Waals surface area (Å²) in [6, 6.07) is 0. The minimum absolute atomic E-state index is 0.692. The van der Waals surface area contributed by atoms with E-state index in [1.807, 2.05) is 19.6 Å². The highest BCUT2D eigenvalue weighted by Crippen LogP contribution is 2.59. The summed E-state index contributed by atoms with van der Waals surface area (Å²) < 4.78 is 7.56. The van der Waals surface area contributed by atoms with Crippen molar-refractivity contribution in [2.24, 2.45) is 0 Å². The van der Waals surface area contributed by atoms with Crippen LogP contribution in [0.3, 0.4) is 0 Å². The van der Waals surface area contributed by atoms with Gasteiger partial charge >= 0.3 is 0 Å². The fraction of sp³-hybridized carbons (Fsp3) is 1.00. The highest BCUT2D eigenvalue weighted by molar-refractivity contribution is 8.18. The third-order valence-electron chi connectivity index (χ3n) is 61.4. The number of hydrogen-bond donors (Lipinski definition) is 1. The third-order valence-corrected chi connectivity index (χ3v) is 1060. The molecule has 0 atom stereocenters. The predicted octanol–water partition coefficient (Wildman–Crippen LogP) is 33.3. The van der Waals surface area contributed by atoms with Gasteiger partial charge in [0.2, 0.25) is 0 Å². The van der Waals surface area contributed by atoms with E-state index in [1.54, 1.807) is 0 Å². The SMILES string of the molecule is C[SiH](C)[Si](C)(C)[Si](C)(C)[Si](C)(C)[Si](C)(C)[Si](C)(C)[Si](C)(C)[Si](C)(C)[Si](C)(C)[Si](C)(C)[Si](C)(C)[Si](C)(C)[Si](C)(C)[Si](C)(C)[Si](C)(C)[Si](C)(C)[Si](C)(C)[Si](C)(C)[Si](C)(C)[Si](C)(C)[Si](C)(C)[Si](C)(C)[Si](C)(C)[Si](C)(C)[Si](C)(C)[Si](C)(C)[Si](C)(C)[Si](C)(C)[Si](C)(C)[Si](C)(C)[Si](C)(C)[Si](C)(C)[Si](C)(C)[Si](C)(C)[Si](C)(C)[Si](C)(C)[Si](C)(C)[Si](C)(C)[Si](C)(C)[Si](C)(C)O[Si](C)(C)C.C[Si](C)(C)O. The summed E-state index contributed by atoms with van der Waals surface area (Å²) in [6.45, 7) is 265. The van der Waals surface area contributed by atoms with Gasteiger partial charge in [-0.25, -0.2) is 0 Å². The molecular weight excluding hydrogens is 2240 g/mol. The molecule has 1 N–H and O–H groups in total. The Hall–Kier alpha value is 9.03. The van der Waals surface area contributed by atoms with Crippen molar-refractivity contribution in [1.29, 1.82) is 0 Å². The summed E-state index contributed by atoms with van der Waals surface area (Å²) in [4.78, 5) is 8.66. The van der Waals surface area contributed by atoms with Crippen LogP contribution in [0.25, 0.3) is 0 Å². The van der Waals surface area contributed by atoms with Crippen LogP contribution in [0, 0.1) is 0 Å². The highest BCUT2D eigenvalue weighted by atomic mass is 30.2. The molecule has 0 saturated heterocycles. The Morgan fingerprint density at radius 3 is 0.238 bits per heavy atom. The van der Waals surface area contributed by atoms with Crippen molar-refractivity contribution in [3.05, 3.63) is 0 Å². The van der Waals surface area contributed by atoms with Crippen molar-refractivity contribution in [2.45, 2.75) is 563 Å². The minimum Gasteiger partial charge on any atom is -0.458 e. The van der Waals surface area contributed by atoms with Crippen LogP contribution < -0.4 is 0 Å². The quantitative estimate of drug-likeness (QED) is 0.0618. The molecule has 0 bridgehead atoms. The van der Waals surface area contributed by atoms with Crippen LogP contribution in [0.5, 0.6) is 0 Å². The molecule has 2 nitrogen and oxygen atoms in total. The minimum atomic E-state index is -1.87. The van der Waals surface area contributed by atoms with Crippen LogP contribution >= 0.6 is 0 Å². The zero-order valence-corrected chi connectivity index (χ0v) is 150. The fourth-order valence-corrected chi connectivity index (χ4v) is 1560. The summed E-state index contributed by atoms with van der Waals surface area (Å²) in [6.07, 6.45) is 0. The molecule has 130 heavy (non-hydrogen) atoms. The first-order chi connectivity index (χ1) is 54.2. The molecule has 784 valence electrons. The van der Waals surface area contributed by atoms with Gasteiger partial charge in [0.1, 0.15) is 0 Å². The second kappa shape index (κ2) is 38.6. The zero-order chi connectivity index (χ0) is 109. The Morgan fingerprint density at radius 1 is 0.115 bits per heavy atom. The normalized spacial score (nSPS) is 17.4. The first-order valence-corrected chi connectivity index (χ1v) is 219. The monoisotopic (exact) mass is 2500 g/mol. The van der Waals surface area contributed by atoms with Gasteiger partial charge in [0.15, 0.2) is 24.5 Å². The molecule has 0 aromatic heterocycles. The molecule has 0 unspecified atom stereocenters. The van der Waals surface area contributed by atoms with Gasteiger partial charge < -0.3 is 8.91 Å². The zero-order valence-electron chi connectivity index (χ0n) is 108. The summed E-state index contributed by atoms with van der Waals surface area (Å²) in [5.74, 6) is 0. The molecule has 44 heteroatoms. The van der Waals surface area contributed by atoms with Crippen LogP contribution in [0.4, 0.5) is 0 Å². The van der Waals surface area contributed by atoms with E-state index in [-0.39, 0.29) is 0 Å². The van der Waals surface area contributed by atoms with Crippen LogP contribution in [-0.2, 0) is 4.12 Å². The molecule has 0 fully saturated rings. The lowest BCUT2D eigenvalue weighted by Gasteiger charge is -2.72. The largest absolute Gasteiger partial charge is 0.458 e. The molecule has 0 amide bonds. The molecule has 0 aliphatic rings. The van der Waals surface area contributed by atoms with Gasteiger partial charge in [-0.3, -0.25) is 0 Å². The predicted molar refractivity (Wildman–Crippen MR) is 751 cm³/mol. The Balaban J connectivity index is 0. The lowest BCUT2D eigenvalue weighted by molar-refractivity contribution is 0.560. The van der Waals surface area contributed by atoms with Gasteiger partial charge in [0.05, 0.1) is 7.11 Å². The molecule has 0 rings (SSSR count). The molecule has 0 heterocycles. The van der Waals surface area contributed by atoms with Crippen molar-refractivity contribution in [3.8, 4) is 0 Å². The second-order valence-corrected chi connectivity index (χ2v) is 557. The summed E-state index contributed by atoms with van der Waals surface area (Å²) >= 11 is 0. The highest BCUT2D eigenvalue weighted by Gasteiger charge is 2.82. The molecule has 0 aliphatic carbocycles. The number of rotatable bonds is 41. The van der Waals surface area contributed by atoms with Crippen molar-refractivity contribution in [1.82, 2.24) is 0 Å². The van der Waals surface area contributed by atoms with E-state index >= 15 is 0 Å². The smallest absolute Gasteiger partial charge is 0.179 e. The van der Waals surface area contributed by atoms with Crippen molar-refractivity contribution >= 4 is 303 Å². The maximum atomic E-state index is 8.66. The van der Waals surface area contributed by atoms with Crippen LogP contribution in [0.1, 0.15) is 0 Å². The van der Waals surface area contributed by atoms with Gasteiger partial charge in [-0.1, -0.05) is 511 Å². The number of hydrogen-bond acceptors (Lipinski definition) is 2. The molecule has 0 radical (unpaired) electrons. The van der Waals surface area contributed by atoms with Gasteiger partial charge in [-0.05, 0) is 52.4 Å². The third kappa shape index (κ3) is 19.2. The van der Waals surface area contributed by atoms with E-state index in [1.165, 1.54) is 0 Å². The molecule has 0 aromatic rings. The topological polar surface area (TPSA) is 29.5 Å². The van der Waals surface area contributed by atoms with Gasteiger partial charge in [-0.2, -0.15) is 0 Å². The Labute approximate surface area is 863 Å². The average Bonchev–Trinajstić information content (AvgIpc) is 0.663. The Morgan fingerprint density at radius 2 is 0.177 bits per heavy atom. The maximum Gasteiger partial charge on any atom is 0.179 e. The van der Waals surface area contributed by atoms with Gasteiger partial charge in [0.25, 0.3) is 0 Å². The van der Waals surface area contributed by atoms with E-state index in [2.05, 4.69) is 543 Å². The standard InChI is InChI=1S/C83H250OSi41.C3H10OSi/c1-85(2)88(8,9)90(12,13)92(16,17)94(20,21)96(24,25)98(28,29)100(32,33)102(36,37)104(40,41)106(44,45)108(48,49)110(52,53)112(56,57)114(60,61)116(64,65)118(68,69)120(72,73)122(76,77)124(80,81)125(82,83)123(78,79)121(74,75)119(70,71)117(66,67)115(62,63)113(58,59)111(54,55)109(50,51)107(46,47)105(42,43)103(38,39)101(34,35)99(30,31)97(26,27)95(22,23)93(18,19)91(14,15)89(10,11)87(6,7)84-86(3,4)5;1-5(2,3)4/h85H,1-83H3;4H,1-3H3. The molecule has 0 aromatic carbocycles. The Bertz CT molecular complexity index is 3790. The van der Waals surface area contributed by atoms with E-state index in [9.17, 15) is 0 Å². The van der Waals surface area contributed by atoms with Crippen LogP contribution in [-0.4, -0.2) is 308 Å². The van der Waals surface area contributed by atoms with Gasteiger partial charge in [-0.15, -0.1) is 0 Å². The molecule has 0 aliphatic heterocycles. The summed E-state index contributed by atoms with van der Waals surface area (Å²) in [5, 5.41) is 0. The van der Waals surface area contributed by atoms with Crippen molar-refractivity contribution < 1.29 is 8.91 Å². The van der Waals surface area contributed by atoms with Crippen LogP contribution in [0.2, 0.25) is 563 Å². The maximum absolute atomic E-state index is 8.66. The average molecular weight is 2510 g/mol. The first-order valence-electron chi connectivity index (χ1n) is 53.6. The fourth-order valence-electron chi connectivity index (χ4n) is 30.5. The molecule has 0 spiro atoms. The lowest BCUT2D eigenvalue weighted by atomic mass is 11.8. The molecular formula is C86H260O2Si42. The van der Waals surface area contributed by atoms with E-state index in [4.69, 9.17) is 8.91 Å². The Kier molecular flexibility index (Phi) is 41.9. The lowest BCUT2D eigenvalue weighted by Crippen LogP contribution is -3.00. The van der Waals surface area contributed by atoms with Crippen LogP contribution in [0.15, 0.2) is 0 Å². The second-order valence-electron chi connectivity index (χ2n) is 68.9. The van der Waals surface area contributed by atoms with Crippen molar-refractivity contribution in [2.75, 3.05) is 0 Å². The van der Waals surface area contributed by atoms with Gasteiger partial charge in [0, 0.05) is 271 Å². The molecule has 0 saturated carbocycles. The van der Waals surface area contributed by atoms with E-state index < -0.39 is 303 Å². The summed E-state index contributed by atoms with van der Waals surface area (Å²) in [7, 11) is -70.9.